The highest BCUT2D eigenvalue weighted by molar-refractivity contribution is 5.80. The molecule has 3 unspecified atom stereocenters. The molecule has 1 fully saturated rings. The number of hydrogen-bond donors (Lipinski definition) is 2. The summed E-state index contributed by atoms with van der Waals surface area (Å²) in [5.41, 5.74) is 0. The fourth-order valence-electron chi connectivity index (χ4n) is 2.55. The fourth-order valence-corrected chi connectivity index (χ4v) is 2.55. The number of aliphatic hydroxyl groups is 1. The predicted molar refractivity (Wildman–Crippen MR) is 80.5 cm³/mol. The quantitative estimate of drug-likeness (QED) is 0.707. The zero-order valence-electron chi connectivity index (χ0n) is 13.2. The summed E-state index contributed by atoms with van der Waals surface area (Å²) in [7, 11) is 0. The monoisotopic (exact) mass is 285 g/mol. The Morgan fingerprint density at radius 1 is 1.25 bits per heavy atom. The van der Waals surface area contributed by atoms with Crippen molar-refractivity contribution in [3.05, 3.63) is 0 Å². The largest absolute Gasteiger partial charge is 0.391 e. The summed E-state index contributed by atoms with van der Waals surface area (Å²) in [6.45, 7) is 6.14. The first-order valence-electron chi connectivity index (χ1n) is 8.15. The van der Waals surface area contributed by atoms with Gasteiger partial charge in [0.25, 0.3) is 0 Å². The van der Waals surface area contributed by atoms with Gasteiger partial charge in [-0.2, -0.15) is 0 Å². The topological polar surface area (TPSA) is 58.6 Å². The van der Waals surface area contributed by atoms with E-state index >= 15 is 0 Å². The molecule has 2 N–H and O–H groups in total. The van der Waals surface area contributed by atoms with E-state index in [0.29, 0.717) is 6.54 Å². The minimum absolute atomic E-state index is 0.114. The van der Waals surface area contributed by atoms with Gasteiger partial charge in [0.2, 0.25) is 5.91 Å². The van der Waals surface area contributed by atoms with Gasteiger partial charge in [0.15, 0.2) is 0 Å². The minimum Gasteiger partial charge on any atom is -0.391 e. The molecule has 0 heterocycles. The minimum atomic E-state index is -0.478. The van der Waals surface area contributed by atoms with Crippen LogP contribution in [0.25, 0.3) is 0 Å². The van der Waals surface area contributed by atoms with Gasteiger partial charge in [0.1, 0.15) is 6.10 Å². The van der Waals surface area contributed by atoms with Crippen molar-refractivity contribution < 1.29 is 14.6 Å². The lowest BCUT2D eigenvalue weighted by atomic mass is 10.0. The van der Waals surface area contributed by atoms with Gasteiger partial charge in [-0.15, -0.1) is 0 Å². The van der Waals surface area contributed by atoms with Gasteiger partial charge in [-0.05, 0) is 25.7 Å². The van der Waals surface area contributed by atoms with Crippen LogP contribution in [0, 0.1) is 5.92 Å². The SMILES string of the molecule is CCC(C)C(O)CNC(=O)C(C)OC1CCCCCC1. The van der Waals surface area contributed by atoms with Crippen LogP contribution in [0.15, 0.2) is 0 Å². The number of carbonyl (C=O) groups excluding carboxylic acids is 1. The van der Waals surface area contributed by atoms with Gasteiger partial charge in [0, 0.05) is 6.54 Å². The van der Waals surface area contributed by atoms with E-state index < -0.39 is 12.2 Å². The standard InChI is InChI=1S/C16H31NO3/c1-4-12(2)15(18)11-17-16(19)13(3)20-14-9-7-5-6-8-10-14/h12-15,18H,4-11H2,1-3H3,(H,17,19). The Morgan fingerprint density at radius 2 is 1.85 bits per heavy atom. The Kier molecular flexibility index (Phi) is 8.15. The predicted octanol–water partition coefficient (Wildman–Crippen LogP) is 2.64. The molecule has 4 heteroatoms. The maximum atomic E-state index is 12.0. The second kappa shape index (κ2) is 9.35. The maximum Gasteiger partial charge on any atom is 0.248 e. The lowest BCUT2D eigenvalue weighted by molar-refractivity contribution is -0.136. The number of carbonyl (C=O) groups is 1. The molecule has 1 amide bonds. The Hall–Kier alpha value is -0.610. The Labute approximate surface area is 123 Å². The van der Waals surface area contributed by atoms with Crippen LogP contribution in [0.5, 0.6) is 0 Å². The van der Waals surface area contributed by atoms with Crippen LogP contribution in [-0.4, -0.2) is 35.9 Å². The van der Waals surface area contributed by atoms with Crippen molar-refractivity contribution in [1.29, 1.82) is 0 Å². The Balaban J connectivity index is 2.27. The highest BCUT2D eigenvalue weighted by Crippen LogP contribution is 2.20. The van der Waals surface area contributed by atoms with E-state index in [1.165, 1.54) is 25.7 Å². The number of ether oxygens (including phenoxy) is 1. The van der Waals surface area contributed by atoms with Crippen molar-refractivity contribution >= 4 is 5.91 Å². The van der Waals surface area contributed by atoms with Gasteiger partial charge in [-0.1, -0.05) is 46.0 Å². The summed E-state index contributed by atoms with van der Waals surface area (Å²) in [4.78, 5) is 12.0. The molecular formula is C16H31NO3. The number of hydrogen-bond acceptors (Lipinski definition) is 3. The fraction of sp³-hybridized carbons (Fsp3) is 0.938. The molecule has 0 aromatic heterocycles. The lowest BCUT2D eigenvalue weighted by Gasteiger charge is -2.22. The molecule has 118 valence electrons. The average molecular weight is 285 g/mol. The first kappa shape index (κ1) is 17.4. The summed E-state index contributed by atoms with van der Waals surface area (Å²) in [5, 5.41) is 12.6. The number of rotatable bonds is 7. The average Bonchev–Trinajstić information content (AvgIpc) is 2.71. The van der Waals surface area contributed by atoms with E-state index in [4.69, 9.17) is 4.74 Å². The molecule has 0 spiro atoms. The first-order valence-corrected chi connectivity index (χ1v) is 8.15. The number of nitrogens with one attached hydrogen (secondary N) is 1. The van der Waals surface area contributed by atoms with Crippen LogP contribution in [0.4, 0.5) is 0 Å². The third-order valence-corrected chi connectivity index (χ3v) is 4.35. The molecule has 0 saturated heterocycles. The third kappa shape index (κ3) is 6.23. The van der Waals surface area contributed by atoms with E-state index in [1.54, 1.807) is 6.92 Å². The van der Waals surface area contributed by atoms with Crippen LogP contribution >= 0.6 is 0 Å². The summed E-state index contributed by atoms with van der Waals surface area (Å²) >= 11 is 0. The van der Waals surface area contributed by atoms with Crippen LogP contribution in [0.1, 0.15) is 65.7 Å². The summed E-state index contributed by atoms with van der Waals surface area (Å²) in [6.07, 6.45) is 7.31. The molecule has 0 radical (unpaired) electrons. The summed E-state index contributed by atoms with van der Waals surface area (Å²) < 4.78 is 5.86. The normalized spacial score (nSPS) is 21.8. The molecule has 0 aliphatic heterocycles. The van der Waals surface area contributed by atoms with Gasteiger partial charge in [-0.3, -0.25) is 4.79 Å². The van der Waals surface area contributed by atoms with E-state index in [-0.39, 0.29) is 17.9 Å². The second-order valence-electron chi connectivity index (χ2n) is 6.09. The van der Waals surface area contributed by atoms with Gasteiger partial charge in [0.05, 0.1) is 12.2 Å². The highest BCUT2D eigenvalue weighted by Gasteiger charge is 2.21. The van der Waals surface area contributed by atoms with Gasteiger partial charge in [-0.25, -0.2) is 0 Å². The van der Waals surface area contributed by atoms with Crippen LogP contribution in [0.3, 0.4) is 0 Å². The van der Waals surface area contributed by atoms with E-state index in [1.807, 2.05) is 13.8 Å². The van der Waals surface area contributed by atoms with Crippen molar-refractivity contribution in [2.75, 3.05) is 6.54 Å². The Morgan fingerprint density at radius 3 is 2.40 bits per heavy atom. The Bertz CT molecular complexity index is 275. The molecule has 1 aliphatic carbocycles. The summed E-state index contributed by atoms with van der Waals surface area (Å²) in [5.74, 6) is 0.0879. The van der Waals surface area contributed by atoms with Crippen molar-refractivity contribution in [3.8, 4) is 0 Å². The smallest absolute Gasteiger partial charge is 0.248 e. The van der Waals surface area contributed by atoms with E-state index in [0.717, 1.165) is 19.3 Å². The van der Waals surface area contributed by atoms with Crippen LogP contribution in [0.2, 0.25) is 0 Å². The molecular weight excluding hydrogens is 254 g/mol. The number of amides is 1. The zero-order chi connectivity index (χ0) is 15.0. The maximum absolute atomic E-state index is 12.0. The van der Waals surface area contributed by atoms with Crippen LogP contribution in [-0.2, 0) is 9.53 Å². The van der Waals surface area contributed by atoms with Crippen molar-refractivity contribution in [2.24, 2.45) is 5.92 Å². The molecule has 0 bridgehead atoms. The lowest BCUT2D eigenvalue weighted by Crippen LogP contribution is -2.41. The molecule has 4 nitrogen and oxygen atoms in total. The first-order chi connectivity index (χ1) is 9.54. The van der Waals surface area contributed by atoms with Crippen molar-refractivity contribution in [2.45, 2.75) is 84.0 Å². The van der Waals surface area contributed by atoms with Crippen molar-refractivity contribution in [1.82, 2.24) is 5.32 Å². The molecule has 3 atom stereocenters. The number of aliphatic hydroxyl groups excluding tert-OH is 1. The summed E-state index contributed by atoms with van der Waals surface area (Å²) in [6, 6.07) is 0. The highest BCUT2D eigenvalue weighted by atomic mass is 16.5. The van der Waals surface area contributed by atoms with Gasteiger partial charge < -0.3 is 15.2 Å². The molecule has 0 aromatic carbocycles. The molecule has 1 saturated carbocycles. The van der Waals surface area contributed by atoms with E-state index in [2.05, 4.69) is 5.32 Å². The third-order valence-electron chi connectivity index (χ3n) is 4.35. The van der Waals surface area contributed by atoms with Crippen molar-refractivity contribution in [3.63, 3.8) is 0 Å². The zero-order valence-corrected chi connectivity index (χ0v) is 13.2. The molecule has 1 aliphatic rings. The van der Waals surface area contributed by atoms with Crippen LogP contribution < -0.4 is 5.32 Å². The molecule has 20 heavy (non-hydrogen) atoms. The van der Waals surface area contributed by atoms with Gasteiger partial charge >= 0.3 is 0 Å². The van der Waals surface area contributed by atoms with E-state index in [9.17, 15) is 9.90 Å². The second-order valence-corrected chi connectivity index (χ2v) is 6.09. The molecule has 0 aromatic rings. The molecule has 1 rings (SSSR count).